The van der Waals surface area contributed by atoms with E-state index in [0.29, 0.717) is 5.91 Å². The molecule has 1 heterocycles. The Hall–Kier alpha value is -0.570. The summed E-state index contributed by atoms with van der Waals surface area (Å²) in [5, 5.41) is 3.24. The van der Waals surface area contributed by atoms with Crippen molar-refractivity contribution in [2.24, 2.45) is 5.92 Å². The quantitative estimate of drug-likeness (QED) is 0.800. The molecule has 1 unspecified atom stereocenters. The number of likely N-dealkylation sites (tertiary alicyclic amines) is 1. The number of carbonyl (C=O) groups excluding carboxylic acids is 1. The van der Waals surface area contributed by atoms with Crippen LogP contribution in [0.5, 0.6) is 0 Å². The summed E-state index contributed by atoms with van der Waals surface area (Å²) in [6.07, 6.45) is 5.44. The van der Waals surface area contributed by atoms with Crippen LogP contribution in [0.4, 0.5) is 0 Å². The Labute approximate surface area is 106 Å². The van der Waals surface area contributed by atoms with Crippen molar-refractivity contribution in [1.29, 1.82) is 0 Å². The number of piperidine rings is 1. The van der Waals surface area contributed by atoms with Crippen LogP contribution in [0.25, 0.3) is 0 Å². The van der Waals surface area contributed by atoms with E-state index in [0.717, 1.165) is 38.8 Å². The molecule has 1 amide bonds. The zero-order valence-corrected chi connectivity index (χ0v) is 11.9. The summed E-state index contributed by atoms with van der Waals surface area (Å²) >= 11 is 0. The molecule has 100 valence electrons. The molecule has 1 N–H and O–H groups in total. The van der Waals surface area contributed by atoms with Gasteiger partial charge in [-0.3, -0.25) is 4.79 Å². The maximum Gasteiger partial charge on any atom is 0.226 e. The minimum absolute atomic E-state index is 0.0205. The number of likely N-dealkylation sites (N-methyl/N-ethyl adjacent to an activating group) is 1. The maximum atomic E-state index is 12.5. The van der Waals surface area contributed by atoms with Crippen molar-refractivity contribution in [3.8, 4) is 0 Å². The Balaban J connectivity index is 2.80. The molecule has 3 heteroatoms. The van der Waals surface area contributed by atoms with Gasteiger partial charge in [0.1, 0.15) is 0 Å². The van der Waals surface area contributed by atoms with Crippen molar-refractivity contribution in [3.63, 3.8) is 0 Å². The van der Waals surface area contributed by atoms with Crippen molar-refractivity contribution >= 4 is 5.91 Å². The smallest absolute Gasteiger partial charge is 0.226 e. The molecule has 1 aliphatic rings. The minimum atomic E-state index is 0.0205. The summed E-state index contributed by atoms with van der Waals surface area (Å²) in [5.41, 5.74) is 0.0205. The molecule has 0 aromatic carbocycles. The summed E-state index contributed by atoms with van der Waals surface area (Å²) in [4.78, 5) is 14.7. The molecule has 1 saturated heterocycles. The van der Waals surface area contributed by atoms with Gasteiger partial charge in [0.15, 0.2) is 0 Å². The van der Waals surface area contributed by atoms with E-state index in [1.807, 2.05) is 7.05 Å². The fourth-order valence-corrected chi connectivity index (χ4v) is 2.98. The van der Waals surface area contributed by atoms with Crippen molar-refractivity contribution < 1.29 is 4.79 Å². The first-order chi connectivity index (χ1) is 8.09. The Kier molecular flexibility index (Phi) is 5.44. The Morgan fingerprint density at radius 3 is 2.53 bits per heavy atom. The van der Waals surface area contributed by atoms with E-state index in [1.165, 1.54) is 6.42 Å². The highest BCUT2D eigenvalue weighted by Gasteiger charge is 2.38. The van der Waals surface area contributed by atoms with Gasteiger partial charge in [-0.2, -0.15) is 0 Å². The summed E-state index contributed by atoms with van der Waals surface area (Å²) in [6, 6.07) is 0. The largest absolute Gasteiger partial charge is 0.336 e. The number of nitrogens with one attached hydrogen (secondary N) is 1. The number of hydrogen-bond donors (Lipinski definition) is 1. The molecular weight excluding hydrogens is 212 g/mol. The van der Waals surface area contributed by atoms with Crippen LogP contribution in [0, 0.1) is 5.92 Å². The van der Waals surface area contributed by atoms with Gasteiger partial charge < -0.3 is 10.2 Å². The monoisotopic (exact) mass is 240 g/mol. The van der Waals surface area contributed by atoms with Crippen molar-refractivity contribution in [2.45, 2.75) is 58.4 Å². The average Bonchev–Trinajstić information content (AvgIpc) is 2.31. The SMILES string of the molecule is CCC(CC)C(=O)N1CCCCC1(C)CNC. The first kappa shape index (κ1) is 14.5. The molecule has 0 spiro atoms. The van der Waals surface area contributed by atoms with Crippen LogP contribution in [-0.2, 0) is 4.79 Å². The van der Waals surface area contributed by atoms with Crippen LogP contribution in [0.1, 0.15) is 52.9 Å². The predicted molar refractivity (Wildman–Crippen MR) is 72.0 cm³/mol. The molecule has 0 bridgehead atoms. The zero-order chi connectivity index (χ0) is 12.9. The maximum absolute atomic E-state index is 12.5. The topological polar surface area (TPSA) is 32.3 Å². The number of hydrogen-bond acceptors (Lipinski definition) is 2. The standard InChI is InChI=1S/C14H28N2O/c1-5-12(6-2)13(17)16-10-8-7-9-14(16,3)11-15-4/h12,15H,5-11H2,1-4H3. The van der Waals surface area contributed by atoms with Crippen molar-refractivity contribution in [2.75, 3.05) is 20.1 Å². The zero-order valence-electron chi connectivity index (χ0n) is 11.9. The second-order valence-electron chi connectivity index (χ2n) is 5.49. The van der Waals surface area contributed by atoms with E-state index in [1.54, 1.807) is 0 Å². The van der Waals surface area contributed by atoms with E-state index < -0.39 is 0 Å². The molecule has 17 heavy (non-hydrogen) atoms. The second kappa shape index (κ2) is 6.39. The molecule has 0 radical (unpaired) electrons. The average molecular weight is 240 g/mol. The molecule has 0 aromatic heterocycles. The third-order valence-corrected chi connectivity index (χ3v) is 4.16. The van der Waals surface area contributed by atoms with Gasteiger partial charge in [0.05, 0.1) is 5.54 Å². The van der Waals surface area contributed by atoms with Crippen LogP contribution < -0.4 is 5.32 Å². The lowest BCUT2D eigenvalue weighted by Crippen LogP contribution is -2.58. The van der Waals surface area contributed by atoms with Gasteiger partial charge in [-0.05, 0) is 46.1 Å². The van der Waals surface area contributed by atoms with Gasteiger partial charge in [-0.25, -0.2) is 0 Å². The van der Waals surface area contributed by atoms with E-state index in [4.69, 9.17) is 0 Å². The fourth-order valence-electron chi connectivity index (χ4n) is 2.98. The first-order valence-electron chi connectivity index (χ1n) is 7.05. The third-order valence-electron chi connectivity index (χ3n) is 4.16. The molecule has 3 nitrogen and oxygen atoms in total. The predicted octanol–water partition coefficient (Wildman–Crippen LogP) is 2.41. The molecular formula is C14H28N2O. The third kappa shape index (κ3) is 3.21. The summed E-state index contributed by atoms with van der Waals surface area (Å²) < 4.78 is 0. The lowest BCUT2D eigenvalue weighted by molar-refractivity contribution is -0.143. The number of amides is 1. The summed E-state index contributed by atoms with van der Waals surface area (Å²) in [6.45, 7) is 8.30. The number of carbonyl (C=O) groups is 1. The summed E-state index contributed by atoms with van der Waals surface area (Å²) in [7, 11) is 1.97. The van der Waals surface area contributed by atoms with Crippen molar-refractivity contribution in [3.05, 3.63) is 0 Å². The summed E-state index contributed by atoms with van der Waals surface area (Å²) in [5.74, 6) is 0.580. The Morgan fingerprint density at radius 1 is 1.35 bits per heavy atom. The molecule has 0 aliphatic carbocycles. The highest BCUT2D eigenvalue weighted by molar-refractivity contribution is 5.79. The van der Waals surface area contributed by atoms with E-state index >= 15 is 0 Å². The number of rotatable bonds is 5. The van der Waals surface area contributed by atoms with Gasteiger partial charge in [0.2, 0.25) is 5.91 Å². The number of nitrogens with zero attached hydrogens (tertiary/aromatic N) is 1. The Bertz CT molecular complexity index is 247. The van der Waals surface area contributed by atoms with E-state index in [-0.39, 0.29) is 11.5 Å². The van der Waals surface area contributed by atoms with Gasteiger partial charge in [0, 0.05) is 19.0 Å². The van der Waals surface area contributed by atoms with Crippen molar-refractivity contribution in [1.82, 2.24) is 10.2 Å². The van der Waals surface area contributed by atoms with Crippen LogP contribution in [0.3, 0.4) is 0 Å². The van der Waals surface area contributed by atoms with Gasteiger partial charge >= 0.3 is 0 Å². The van der Waals surface area contributed by atoms with Crippen LogP contribution in [0.2, 0.25) is 0 Å². The molecule has 1 rings (SSSR count). The van der Waals surface area contributed by atoms with Crippen LogP contribution in [0.15, 0.2) is 0 Å². The van der Waals surface area contributed by atoms with Crippen LogP contribution in [-0.4, -0.2) is 36.5 Å². The first-order valence-corrected chi connectivity index (χ1v) is 7.05. The molecule has 1 atom stereocenters. The van der Waals surface area contributed by atoms with Gasteiger partial charge in [-0.15, -0.1) is 0 Å². The molecule has 0 aromatic rings. The molecule has 0 saturated carbocycles. The highest BCUT2D eigenvalue weighted by Crippen LogP contribution is 2.29. The second-order valence-corrected chi connectivity index (χ2v) is 5.49. The lowest BCUT2D eigenvalue weighted by Gasteiger charge is -2.46. The fraction of sp³-hybridized carbons (Fsp3) is 0.929. The van der Waals surface area contributed by atoms with E-state index in [2.05, 4.69) is 31.0 Å². The lowest BCUT2D eigenvalue weighted by atomic mass is 9.86. The highest BCUT2D eigenvalue weighted by atomic mass is 16.2. The Morgan fingerprint density at radius 2 is 2.00 bits per heavy atom. The van der Waals surface area contributed by atoms with Gasteiger partial charge in [-0.1, -0.05) is 13.8 Å². The molecule has 1 aliphatic heterocycles. The van der Waals surface area contributed by atoms with Gasteiger partial charge in [0.25, 0.3) is 0 Å². The van der Waals surface area contributed by atoms with Crippen LogP contribution >= 0.6 is 0 Å². The minimum Gasteiger partial charge on any atom is -0.336 e. The molecule has 1 fully saturated rings. The normalized spacial score (nSPS) is 25.4. The van der Waals surface area contributed by atoms with E-state index in [9.17, 15) is 4.79 Å².